The van der Waals surface area contributed by atoms with Gasteiger partial charge in [0.25, 0.3) is 0 Å². The molecule has 1 rings (SSSR count). The summed E-state index contributed by atoms with van der Waals surface area (Å²) >= 11 is 0. The van der Waals surface area contributed by atoms with Gasteiger partial charge in [0.2, 0.25) is 0 Å². The van der Waals surface area contributed by atoms with Gasteiger partial charge in [-0.3, -0.25) is 0 Å². The Morgan fingerprint density at radius 2 is 2.10 bits per heavy atom. The van der Waals surface area contributed by atoms with Crippen molar-refractivity contribution in [1.29, 1.82) is 0 Å². The molecule has 0 radical (unpaired) electrons. The van der Waals surface area contributed by atoms with Crippen LogP contribution >= 0.6 is 0 Å². The standard InChI is InChI=1S/C8H8O2/c9-5-4-7-2-1-3-8(10)6-7/h1-6,9-10H/b5-4-. The molecule has 0 aliphatic carbocycles. The van der Waals surface area contributed by atoms with Crippen molar-refractivity contribution >= 4 is 6.08 Å². The second kappa shape index (κ2) is 2.92. The molecule has 0 saturated carbocycles. The number of hydrogen-bond donors (Lipinski definition) is 2. The van der Waals surface area contributed by atoms with Crippen LogP contribution in [0, 0.1) is 0 Å². The molecule has 0 aromatic heterocycles. The molecule has 52 valence electrons. The molecule has 0 aliphatic rings. The number of rotatable bonds is 1. The van der Waals surface area contributed by atoms with Crippen molar-refractivity contribution in [2.75, 3.05) is 0 Å². The number of phenols is 1. The number of aliphatic hydroxyl groups is 1. The molecule has 1 aromatic rings. The molecule has 2 heteroatoms. The van der Waals surface area contributed by atoms with E-state index >= 15 is 0 Å². The summed E-state index contributed by atoms with van der Waals surface area (Å²) in [6.07, 6.45) is 2.44. The summed E-state index contributed by atoms with van der Waals surface area (Å²) < 4.78 is 0. The smallest absolute Gasteiger partial charge is 0.116 e. The first-order chi connectivity index (χ1) is 4.83. The van der Waals surface area contributed by atoms with Gasteiger partial charge in [0.05, 0.1) is 6.26 Å². The number of aromatic hydroxyl groups is 1. The Hall–Kier alpha value is -1.44. The highest BCUT2D eigenvalue weighted by molar-refractivity contribution is 5.50. The minimum atomic E-state index is 0.204. The molecular formula is C8H8O2. The maximum atomic E-state index is 8.92. The van der Waals surface area contributed by atoms with Crippen LogP contribution < -0.4 is 0 Å². The van der Waals surface area contributed by atoms with Crippen LogP contribution in [0.25, 0.3) is 6.08 Å². The van der Waals surface area contributed by atoms with E-state index in [1.54, 1.807) is 24.3 Å². The van der Waals surface area contributed by atoms with Gasteiger partial charge in [-0.15, -0.1) is 0 Å². The molecule has 10 heavy (non-hydrogen) atoms. The van der Waals surface area contributed by atoms with Crippen LogP contribution in [0.3, 0.4) is 0 Å². The summed E-state index contributed by atoms with van der Waals surface area (Å²) in [6, 6.07) is 6.64. The zero-order chi connectivity index (χ0) is 7.40. The van der Waals surface area contributed by atoms with E-state index in [1.807, 2.05) is 0 Å². The fourth-order valence-electron chi connectivity index (χ4n) is 0.715. The van der Waals surface area contributed by atoms with Gasteiger partial charge in [0.15, 0.2) is 0 Å². The van der Waals surface area contributed by atoms with E-state index in [0.29, 0.717) is 0 Å². The first kappa shape index (κ1) is 6.68. The van der Waals surface area contributed by atoms with Gasteiger partial charge >= 0.3 is 0 Å². The van der Waals surface area contributed by atoms with Gasteiger partial charge in [-0.2, -0.15) is 0 Å². The third-order valence-corrected chi connectivity index (χ3v) is 1.14. The van der Waals surface area contributed by atoms with E-state index in [0.717, 1.165) is 11.8 Å². The average Bonchev–Trinajstić information content (AvgIpc) is 1.88. The van der Waals surface area contributed by atoms with Crippen LogP contribution in [0.1, 0.15) is 5.56 Å². The van der Waals surface area contributed by atoms with Gasteiger partial charge in [-0.1, -0.05) is 12.1 Å². The van der Waals surface area contributed by atoms with Crippen LogP contribution in [0.4, 0.5) is 0 Å². The van der Waals surface area contributed by atoms with Crippen LogP contribution in [0.5, 0.6) is 5.75 Å². The molecule has 2 nitrogen and oxygen atoms in total. The highest BCUT2D eigenvalue weighted by Gasteiger charge is 1.86. The van der Waals surface area contributed by atoms with Crippen LogP contribution in [-0.4, -0.2) is 10.2 Å². The highest BCUT2D eigenvalue weighted by Crippen LogP contribution is 2.11. The molecule has 0 aliphatic heterocycles. The van der Waals surface area contributed by atoms with E-state index < -0.39 is 0 Å². The molecule has 2 N–H and O–H groups in total. The second-order valence-electron chi connectivity index (χ2n) is 1.91. The lowest BCUT2D eigenvalue weighted by Crippen LogP contribution is -1.69. The summed E-state index contributed by atoms with van der Waals surface area (Å²) in [7, 11) is 0. The number of hydrogen-bond acceptors (Lipinski definition) is 2. The summed E-state index contributed by atoms with van der Waals surface area (Å²) in [4.78, 5) is 0. The topological polar surface area (TPSA) is 40.5 Å². The fourth-order valence-corrected chi connectivity index (χ4v) is 0.715. The molecular weight excluding hydrogens is 128 g/mol. The van der Waals surface area contributed by atoms with Crippen molar-refractivity contribution in [2.24, 2.45) is 0 Å². The molecule has 0 unspecified atom stereocenters. The largest absolute Gasteiger partial charge is 0.516 e. The average molecular weight is 136 g/mol. The van der Waals surface area contributed by atoms with Gasteiger partial charge < -0.3 is 10.2 Å². The van der Waals surface area contributed by atoms with Crippen molar-refractivity contribution in [2.45, 2.75) is 0 Å². The number of aliphatic hydroxyl groups excluding tert-OH is 1. The summed E-state index contributed by atoms with van der Waals surface area (Å²) in [5.74, 6) is 0.204. The van der Waals surface area contributed by atoms with Crippen molar-refractivity contribution < 1.29 is 10.2 Å². The van der Waals surface area contributed by atoms with Crippen molar-refractivity contribution in [1.82, 2.24) is 0 Å². The van der Waals surface area contributed by atoms with Crippen LogP contribution in [-0.2, 0) is 0 Å². The Labute approximate surface area is 59.1 Å². The first-order valence-corrected chi connectivity index (χ1v) is 2.93. The minimum absolute atomic E-state index is 0.204. The molecule has 0 bridgehead atoms. The van der Waals surface area contributed by atoms with Gasteiger partial charge in [-0.05, 0) is 23.8 Å². The Morgan fingerprint density at radius 3 is 2.70 bits per heavy atom. The molecule has 0 heterocycles. The summed E-state index contributed by atoms with van der Waals surface area (Å²) in [6.45, 7) is 0. The Kier molecular flexibility index (Phi) is 1.95. The Bertz CT molecular complexity index is 241. The zero-order valence-corrected chi connectivity index (χ0v) is 5.36. The summed E-state index contributed by atoms with van der Waals surface area (Å²) in [5.41, 5.74) is 0.780. The number of phenolic OH excluding ortho intramolecular Hbond substituents is 1. The molecule has 0 fully saturated rings. The fraction of sp³-hybridized carbons (Fsp3) is 0. The van der Waals surface area contributed by atoms with Crippen molar-refractivity contribution in [3.63, 3.8) is 0 Å². The van der Waals surface area contributed by atoms with Crippen LogP contribution in [0.2, 0.25) is 0 Å². The highest BCUT2D eigenvalue weighted by atomic mass is 16.3. The maximum Gasteiger partial charge on any atom is 0.116 e. The second-order valence-corrected chi connectivity index (χ2v) is 1.91. The third kappa shape index (κ3) is 1.52. The van der Waals surface area contributed by atoms with Gasteiger partial charge in [-0.25, -0.2) is 0 Å². The first-order valence-electron chi connectivity index (χ1n) is 2.93. The predicted molar refractivity (Wildman–Crippen MR) is 39.8 cm³/mol. The van der Waals surface area contributed by atoms with E-state index in [2.05, 4.69) is 0 Å². The monoisotopic (exact) mass is 136 g/mol. The molecule has 0 amide bonds. The molecule has 1 aromatic carbocycles. The lowest BCUT2D eigenvalue weighted by Gasteiger charge is -1.91. The van der Waals surface area contributed by atoms with Crippen LogP contribution in [0.15, 0.2) is 30.5 Å². The SMILES string of the molecule is O/C=C\c1cccc(O)c1. The van der Waals surface area contributed by atoms with Gasteiger partial charge in [0, 0.05) is 0 Å². The van der Waals surface area contributed by atoms with Gasteiger partial charge in [0.1, 0.15) is 5.75 Å². The quantitative estimate of drug-likeness (QED) is 0.579. The number of benzene rings is 1. The lowest BCUT2D eigenvalue weighted by molar-refractivity contribution is 0.474. The predicted octanol–water partition coefficient (Wildman–Crippen LogP) is 1.92. The van der Waals surface area contributed by atoms with E-state index in [9.17, 15) is 0 Å². The lowest BCUT2D eigenvalue weighted by atomic mass is 10.2. The zero-order valence-electron chi connectivity index (χ0n) is 5.36. The van der Waals surface area contributed by atoms with E-state index in [4.69, 9.17) is 10.2 Å². The van der Waals surface area contributed by atoms with Crippen molar-refractivity contribution in [3.05, 3.63) is 36.1 Å². The minimum Gasteiger partial charge on any atom is -0.516 e. The molecule has 0 saturated heterocycles. The Balaban J connectivity index is 2.95. The van der Waals surface area contributed by atoms with E-state index in [-0.39, 0.29) is 5.75 Å². The summed E-state index contributed by atoms with van der Waals surface area (Å²) in [5, 5.41) is 17.3. The maximum absolute atomic E-state index is 8.92. The third-order valence-electron chi connectivity index (χ3n) is 1.14. The molecule has 0 spiro atoms. The van der Waals surface area contributed by atoms with Crippen molar-refractivity contribution in [3.8, 4) is 5.75 Å². The molecule has 0 atom stereocenters. The Morgan fingerprint density at radius 1 is 1.30 bits per heavy atom. The normalized spacial score (nSPS) is 10.4. The van der Waals surface area contributed by atoms with E-state index in [1.165, 1.54) is 6.08 Å².